The van der Waals surface area contributed by atoms with Crippen LogP contribution in [0.25, 0.3) is 0 Å². The van der Waals surface area contributed by atoms with Gasteiger partial charge in [-0.3, -0.25) is 4.79 Å². The molecule has 2 rings (SSSR count). The van der Waals surface area contributed by atoms with E-state index in [1.807, 2.05) is 6.07 Å². The molecule has 0 fully saturated rings. The number of rotatable bonds is 8. The zero-order valence-corrected chi connectivity index (χ0v) is 15.8. The molecular formula is C19H20N2O5S. The predicted octanol–water partition coefficient (Wildman–Crippen LogP) is 2.39. The van der Waals surface area contributed by atoms with Gasteiger partial charge in [0.05, 0.1) is 11.3 Å². The Morgan fingerprint density at radius 3 is 2.67 bits per heavy atom. The van der Waals surface area contributed by atoms with Gasteiger partial charge in [-0.15, -0.1) is 0 Å². The van der Waals surface area contributed by atoms with Crippen molar-refractivity contribution >= 4 is 21.4 Å². The SMILES string of the molecule is CC(Oc1ccccc1C#N)C(=O)Nc1cccc(OCCS(C)(=O)=O)c1. The van der Waals surface area contributed by atoms with Crippen LogP contribution in [0.4, 0.5) is 5.69 Å². The van der Waals surface area contributed by atoms with Crippen molar-refractivity contribution in [2.75, 3.05) is 23.9 Å². The second kappa shape index (κ2) is 9.05. The van der Waals surface area contributed by atoms with Crippen molar-refractivity contribution in [2.45, 2.75) is 13.0 Å². The summed E-state index contributed by atoms with van der Waals surface area (Å²) in [6.07, 6.45) is 0.313. The van der Waals surface area contributed by atoms with Crippen LogP contribution >= 0.6 is 0 Å². The quantitative estimate of drug-likeness (QED) is 0.744. The van der Waals surface area contributed by atoms with Gasteiger partial charge < -0.3 is 14.8 Å². The molecule has 0 aliphatic rings. The Morgan fingerprint density at radius 1 is 1.22 bits per heavy atom. The molecule has 0 aromatic heterocycles. The zero-order chi connectivity index (χ0) is 19.9. The topological polar surface area (TPSA) is 105 Å². The Morgan fingerprint density at radius 2 is 1.96 bits per heavy atom. The monoisotopic (exact) mass is 388 g/mol. The highest BCUT2D eigenvalue weighted by molar-refractivity contribution is 7.90. The van der Waals surface area contributed by atoms with Crippen molar-refractivity contribution in [1.29, 1.82) is 5.26 Å². The van der Waals surface area contributed by atoms with Crippen LogP contribution < -0.4 is 14.8 Å². The highest BCUT2D eigenvalue weighted by atomic mass is 32.2. The molecule has 2 aromatic rings. The minimum Gasteiger partial charge on any atom is -0.492 e. The van der Waals surface area contributed by atoms with Crippen molar-refractivity contribution in [3.8, 4) is 17.6 Å². The van der Waals surface area contributed by atoms with Gasteiger partial charge in [0.1, 0.15) is 24.2 Å². The van der Waals surface area contributed by atoms with E-state index < -0.39 is 21.8 Å². The zero-order valence-electron chi connectivity index (χ0n) is 15.0. The summed E-state index contributed by atoms with van der Waals surface area (Å²) in [5, 5.41) is 11.8. The summed E-state index contributed by atoms with van der Waals surface area (Å²) in [4.78, 5) is 12.3. The standard InChI is InChI=1S/C19H20N2O5S/c1-14(26-18-9-4-3-6-15(18)13-20)19(22)21-16-7-5-8-17(12-16)25-10-11-27(2,23)24/h3-9,12,14H,10-11H2,1-2H3,(H,21,22). The minimum atomic E-state index is -3.10. The Balaban J connectivity index is 1.96. The van der Waals surface area contributed by atoms with Gasteiger partial charge in [-0.05, 0) is 31.2 Å². The van der Waals surface area contributed by atoms with Gasteiger partial charge in [0.15, 0.2) is 15.9 Å². The maximum absolute atomic E-state index is 12.3. The van der Waals surface area contributed by atoms with Gasteiger partial charge in [-0.1, -0.05) is 18.2 Å². The normalized spacial score (nSPS) is 11.9. The second-order valence-corrected chi connectivity index (χ2v) is 8.12. The van der Waals surface area contributed by atoms with Gasteiger partial charge >= 0.3 is 0 Å². The number of anilines is 1. The largest absolute Gasteiger partial charge is 0.492 e. The number of nitrogens with one attached hydrogen (secondary N) is 1. The summed E-state index contributed by atoms with van der Waals surface area (Å²) in [6.45, 7) is 1.61. The molecule has 0 saturated heterocycles. The molecule has 1 atom stereocenters. The van der Waals surface area contributed by atoms with E-state index >= 15 is 0 Å². The molecule has 7 nitrogen and oxygen atoms in total. The lowest BCUT2D eigenvalue weighted by Crippen LogP contribution is -2.30. The van der Waals surface area contributed by atoms with E-state index in [1.165, 1.54) is 0 Å². The van der Waals surface area contributed by atoms with E-state index in [1.54, 1.807) is 55.5 Å². The van der Waals surface area contributed by atoms with Crippen molar-refractivity contribution in [1.82, 2.24) is 0 Å². The first-order chi connectivity index (χ1) is 12.8. The number of ether oxygens (including phenoxy) is 2. The molecule has 1 amide bonds. The van der Waals surface area contributed by atoms with Crippen LogP contribution in [0.3, 0.4) is 0 Å². The molecule has 1 N–H and O–H groups in total. The molecule has 142 valence electrons. The molecule has 0 spiro atoms. The summed E-state index contributed by atoms with van der Waals surface area (Å²) in [5.74, 6) is 0.295. The van der Waals surface area contributed by atoms with E-state index in [9.17, 15) is 13.2 Å². The first-order valence-corrected chi connectivity index (χ1v) is 10.2. The molecule has 0 radical (unpaired) electrons. The van der Waals surface area contributed by atoms with Crippen LogP contribution in [-0.4, -0.2) is 39.0 Å². The second-order valence-electron chi connectivity index (χ2n) is 5.86. The van der Waals surface area contributed by atoms with Gasteiger partial charge in [-0.2, -0.15) is 5.26 Å². The number of sulfone groups is 1. The van der Waals surface area contributed by atoms with Crippen molar-refractivity contribution in [3.05, 3.63) is 54.1 Å². The Hall–Kier alpha value is -3.05. The van der Waals surface area contributed by atoms with Gasteiger partial charge in [-0.25, -0.2) is 8.42 Å². The number of amides is 1. The maximum atomic E-state index is 12.3. The fourth-order valence-electron chi connectivity index (χ4n) is 2.12. The minimum absolute atomic E-state index is 0.0285. The van der Waals surface area contributed by atoms with Crippen LogP contribution in [0, 0.1) is 11.3 Å². The highest BCUT2D eigenvalue weighted by Gasteiger charge is 2.16. The van der Waals surface area contributed by atoms with Crippen LogP contribution in [0.2, 0.25) is 0 Å². The van der Waals surface area contributed by atoms with Crippen LogP contribution in [0.1, 0.15) is 12.5 Å². The number of benzene rings is 2. The summed E-state index contributed by atoms with van der Waals surface area (Å²) in [6, 6.07) is 15.3. The number of hydrogen-bond acceptors (Lipinski definition) is 6. The molecule has 0 aliphatic heterocycles. The van der Waals surface area contributed by atoms with Gasteiger partial charge in [0, 0.05) is 18.0 Å². The van der Waals surface area contributed by atoms with E-state index in [-0.39, 0.29) is 12.4 Å². The first-order valence-electron chi connectivity index (χ1n) is 8.16. The van der Waals surface area contributed by atoms with E-state index in [4.69, 9.17) is 14.7 Å². The summed E-state index contributed by atoms with van der Waals surface area (Å²) < 4.78 is 33.2. The molecule has 0 bridgehead atoms. The summed E-state index contributed by atoms with van der Waals surface area (Å²) in [7, 11) is -3.10. The number of nitriles is 1. The predicted molar refractivity (Wildman–Crippen MR) is 102 cm³/mol. The number of carbonyl (C=O) groups excluding carboxylic acids is 1. The number of nitrogens with zero attached hydrogens (tertiary/aromatic N) is 1. The van der Waals surface area contributed by atoms with E-state index in [0.29, 0.717) is 22.7 Å². The molecule has 27 heavy (non-hydrogen) atoms. The fraction of sp³-hybridized carbons (Fsp3) is 0.263. The van der Waals surface area contributed by atoms with E-state index in [0.717, 1.165) is 6.26 Å². The Kier molecular flexibility index (Phi) is 6.79. The lowest BCUT2D eigenvalue weighted by molar-refractivity contribution is -0.122. The third-order valence-electron chi connectivity index (χ3n) is 3.50. The third-order valence-corrected chi connectivity index (χ3v) is 4.41. The summed E-state index contributed by atoms with van der Waals surface area (Å²) in [5.41, 5.74) is 0.833. The number of para-hydroxylation sites is 1. The van der Waals surface area contributed by atoms with Crippen molar-refractivity contribution < 1.29 is 22.7 Å². The average molecular weight is 388 g/mol. The lowest BCUT2D eigenvalue weighted by atomic mass is 10.2. The average Bonchev–Trinajstić information content (AvgIpc) is 2.61. The molecule has 8 heteroatoms. The molecule has 2 aromatic carbocycles. The third kappa shape index (κ3) is 6.64. The smallest absolute Gasteiger partial charge is 0.265 e. The molecule has 0 heterocycles. The van der Waals surface area contributed by atoms with Crippen molar-refractivity contribution in [3.63, 3.8) is 0 Å². The number of hydrogen-bond donors (Lipinski definition) is 1. The highest BCUT2D eigenvalue weighted by Crippen LogP contribution is 2.20. The Labute approximate surface area is 158 Å². The van der Waals surface area contributed by atoms with Crippen LogP contribution in [-0.2, 0) is 14.6 Å². The molecule has 1 unspecified atom stereocenters. The van der Waals surface area contributed by atoms with Gasteiger partial charge in [0.2, 0.25) is 0 Å². The lowest BCUT2D eigenvalue weighted by Gasteiger charge is -2.16. The fourth-order valence-corrected chi connectivity index (χ4v) is 2.51. The molecule has 0 saturated carbocycles. The summed E-state index contributed by atoms with van der Waals surface area (Å²) >= 11 is 0. The number of carbonyl (C=O) groups is 1. The van der Waals surface area contributed by atoms with Gasteiger partial charge in [0.25, 0.3) is 5.91 Å². The van der Waals surface area contributed by atoms with Crippen molar-refractivity contribution in [2.24, 2.45) is 0 Å². The van der Waals surface area contributed by atoms with Crippen LogP contribution in [0.5, 0.6) is 11.5 Å². The Bertz CT molecular complexity index is 951. The van der Waals surface area contributed by atoms with E-state index in [2.05, 4.69) is 5.32 Å². The molecule has 0 aliphatic carbocycles. The molecular weight excluding hydrogens is 368 g/mol. The van der Waals surface area contributed by atoms with Crippen LogP contribution in [0.15, 0.2) is 48.5 Å². The first kappa shape index (κ1) is 20.3. The maximum Gasteiger partial charge on any atom is 0.265 e.